The van der Waals surface area contributed by atoms with Gasteiger partial charge in [0.15, 0.2) is 0 Å². The van der Waals surface area contributed by atoms with Crippen molar-refractivity contribution in [2.75, 3.05) is 30.5 Å². The maximum Gasteiger partial charge on any atom is 0.416 e. The van der Waals surface area contributed by atoms with Gasteiger partial charge in [0.2, 0.25) is 5.91 Å². The van der Waals surface area contributed by atoms with Crippen LogP contribution in [-0.2, 0) is 26.9 Å². The average Bonchev–Trinajstić information content (AvgIpc) is 3.00. The van der Waals surface area contributed by atoms with Crippen LogP contribution in [0.1, 0.15) is 35.1 Å². The Labute approximate surface area is 247 Å². The van der Waals surface area contributed by atoms with Crippen molar-refractivity contribution in [3.8, 4) is 5.75 Å². The van der Waals surface area contributed by atoms with Crippen LogP contribution in [0.4, 0.5) is 24.5 Å². The number of hydrogen-bond donors (Lipinski definition) is 3. The smallest absolute Gasteiger partial charge is 0.416 e. The second-order valence-electron chi connectivity index (χ2n) is 10.4. The van der Waals surface area contributed by atoms with Crippen LogP contribution in [0, 0.1) is 5.92 Å². The molecular weight excluding hydrogens is 561 g/mol. The predicted molar refractivity (Wildman–Crippen MR) is 157 cm³/mol. The molecule has 5 rings (SSSR count). The average molecular weight is 593 g/mol. The maximum absolute atomic E-state index is 13.2. The van der Waals surface area contributed by atoms with Gasteiger partial charge < -0.3 is 25.2 Å². The lowest BCUT2D eigenvalue weighted by Gasteiger charge is -2.23. The molecule has 1 saturated heterocycles. The molecule has 1 fully saturated rings. The Kier molecular flexibility index (Phi) is 9.27. The lowest BCUT2D eigenvalue weighted by atomic mass is 9.96. The number of alkyl halides is 3. The van der Waals surface area contributed by atoms with Gasteiger partial charge >= 0.3 is 6.18 Å². The number of ether oxygens (including phenoxy) is 2. The molecule has 2 aliphatic heterocycles. The number of carbonyl (C=O) groups is 2. The van der Waals surface area contributed by atoms with Crippen molar-refractivity contribution in [3.63, 3.8) is 0 Å². The van der Waals surface area contributed by atoms with Crippen LogP contribution in [0.5, 0.6) is 5.75 Å². The van der Waals surface area contributed by atoms with E-state index >= 15 is 0 Å². The summed E-state index contributed by atoms with van der Waals surface area (Å²) in [6.45, 7) is 1.95. The van der Waals surface area contributed by atoms with Crippen LogP contribution in [-0.4, -0.2) is 42.8 Å². The van der Waals surface area contributed by atoms with Gasteiger partial charge in [0.05, 0.1) is 12.2 Å². The van der Waals surface area contributed by atoms with Crippen molar-refractivity contribution < 1.29 is 37.3 Å². The first-order valence-corrected chi connectivity index (χ1v) is 14.0. The molecule has 2 aliphatic rings. The van der Waals surface area contributed by atoms with Crippen LogP contribution in [0.2, 0.25) is 0 Å². The summed E-state index contributed by atoms with van der Waals surface area (Å²) in [6, 6.07) is 17.2. The SMILES string of the molecule is O=C(/C=C/C=C(\c1ccc(C(F)(F)F)cc1)c1cccc(OCC2CCOCC2)c1)Nc1cccc2c1CC(O)C(=O)N2. The van der Waals surface area contributed by atoms with Gasteiger partial charge in [-0.05, 0) is 71.9 Å². The first-order valence-electron chi connectivity index (χ1n) is 14.0. The van der Waals surface area contributed by atoms with Crippen LogP contribution >= 0.6 is 0 Å². The third-order valence-corrected chi connectivity index (χ3v) is 7.40. The van der Waals surface area contributed by atoms with E-state index in [2.05, 4.69) is 10.6 Å². The van der Waals surface area contributed by atoms with E-state index in [9.17, 15) is 27.9 Å². The van der Waals surface area contributed by atoms with Crippen molar-refractivity contribution in [1.29, 1.82) is 0 Å². The number of aliphatic hydroxyl groups excluding tert-OH is 1. The van der Waals surface area contributed by atoms with E-state index in [0.717, 1.165) is 25.0 Å². The third-order valence-electron chi connectivity index (χ3n) is 7.40. The standard InChI is InChI=1S/C33H31F3N2O5/c34-33(35,36)24-12-10-22(11-13-24)26(23-4-1-5-25(18-23)43-20-21-14-16-42-17-15-21)6-2-9-31(40)37-28-7-3-8-29-27(28)19-30(39)32(41)38-29/h1-13,18,21,30,39H,14-17,19-20H2,(H,37,40)(H,38,41)/b9-2+,26-6+. The van der Waals surface area contributed by atoms with Gasteiger partial charge in [-0.2, -0.15) is 13.2 Å². The number of fused-ring (bicyclic) bond motifs is 1. The summed E-state index contributed by atoms with van der Waals surface area (Å²) >= 11 is 0. The molecule has 2 amide bonds. The predicted octanol–water partition coefficient (Wildman–Crippen LogP) is 5.99. The zero-order chi connectivity index (χ0) is 30.4. The summed E-state index contributed by atoms with van der Waals surface area (Å²) in [6.07, 6.45) is 0.696. The zero-order valence-electron chi connectivity index (χ0n) is 23.2. The van der Waals surface area contributed by atoms with Crippen LogP contribution in [0.15, 0.2) is 85.0 Å². The second-order valence-corrected chi connectivity index (χ2v) is 10.4. The molecule has 3 aromatic carbocycles. The van der Waals surface area contributed by atoms with Gasteiger partial charge in [-0.25, -0.2) is 0 Å². The van der Waals surface area contributed by atoms with E-state index < -0.39 is 29.7 Å². The molecular formula is C33H31F3N2O5. The molecule has 3 aromatic rings. The van der Waals surface area contributed by atoms with E-state index in [1.165, 1.54) is 24.3 Å². The number of halogens is 3. The Hall–Kier alpha value is -4.41. The molecule has 7 nitrogen and oxygen atoms in total. The number of benzene rings is 3. The third kappa shape index (κ3) is 7.71. The van der Waals surface area contributed by atoms with Gasteiger partial charge in [0.25, 0.3) is 5.91 Å². The molecule has 0 radical (unpaired) electrons. The lowest BCUT2D eigenvalue weighted by molar-refractivity contribution is -0.137. The van der Waals surface area contributed by atoms with Crippen molar-refractivity contribution in [2.24, 2.45) is 5.92 Å². The molecule has 1 atom stereocenters. The van der Waals surface area contributed by atoms with Crippen molar-refractivity contribution in [3.05, 3.63) is 107 Å². The first kappa shape index (κ1) is 30.1. The summed E-state index contributed by atoms with van der Waals surface area (Å²) in [5, 5.41) is 15.3. The Morgan fingerprint density at radius 3 is 2.53 bits per heavy atom. The van der Waals surface area contributed by atoms with E-state index in [1.807, 2.05) is 24.3 Å². The molecule has 0 aliphatic carbocycles. The minimum atomic E-state index is -4.46. The largest absolute Gasteiger partial charge is 0.493 e. The molecule has 1 unspecified atom stereocenters. The van der Waals surface area contributed by atoms with Crippen molar-refractivity contribution in [1.82, 2.24) is 0 Å². The molecule has 0 bridgehead atoms. The Morgan fingerprint density at radius 2 is 1.79 bits per heavy atom. The van der Waals surface area contributed by atoms with Crippen molar-refractivity contribution >= 4 is 28.8 Å². The quantitative estimate of drug-likeness (QED) is 0.221. The first-order chi connectivity index (χ1) is 20.7. The second kappa shape index (κ2) is 13.3. The maximum atomic E-state index is 13.2. The summed E-state index contributed by atoms with van der Waals surface area (Å²) in [4.78, 5) is 24.6. The lowest BCUT2D eigenvalue weighted by Crippen LogP contribution is -2.34. The number of amides is 2. The van der Waals surface area contributed by atoms with Crippen LogP contribution in [0.25, 0.3) is 5.57 Å². The fraction of sp³-hybridized carbons (Fsp3) is 0.273. The molecule has 3 N–H and O–H groups in total. The minimum absolute atomic E-state index is 0.0617. The number of aliphatic hydroxyl groups is 1. The highest BCUT2D eigenvalue weighted by Gasteiger charge is 2.30. The fourth-order valence-corrected chi connectivity index (χ4v) is 5.03. The van der Waals surface area contributed by atoms with Gasteiger partial charge in [0, 0.05) is 42.6 Å². The fourth-order valence-electron chi connectivity index (χ4n) is 5.03. The highest BCUT2D eigenvalue weighted by atomic mass is 19.4. The van der Waals surface area contributed by atoms with Gasteiger partial charge in [-0.1, -0.05) is 42.5 Å². The number of carbonyl (C=O) groups excluding carboxylic acids is 2. The van der Waals surface area contributed by atoms with E-state index in [-0.39, 0.29) is 6.42 Å². The zero-order valence-corrected chi connectivity index (χ0v) is 23.2. The Bertz CT molecular complexity index is 1530. The number of nitrogens with one attached hydrogen (secondary N) is 2. The number of allylic oxidation sites excluding steroid dienone is 2. The molecule has 224 valence electrons. The number of rotatable bonds is 8. The van der Waals surface area contributed by atoms with Gasteiger partial charge in [-0.3, -0.25) is 9.59 Å². The molecule has 0 spiro atoms. The Balaban J connectivity index is 1.37. The van der Waals surface area contributed by atoms with E-state index in [0.29, 0.717) is 65.1 Å². The monoisotopic (exact) mass is 592 g/mol. The molecule has 0 saturated carbocycles. The Morgan fingerprint density at radius 1 is 1.05 bits per heavy atom. The van der Waals surface area contributed by atoms with E-state index in [1.54, 1.807) is 24.3 Å². The molecule has 0 aromatic heterocycles. The normalized spacial score (nSPS) is 17.8. The molecule has 2 heterocycles. The summed E-state index contributed by atoms with van der Waals surface area (Å²) < 4.78 is 51.1. The van der Waals surface area contributed by atoms with Crippen LogP contribution in [0.3, 0.4) is 0 Å². The topological polar surface area (TPSA) is 96.9 Å². The summed E-state index contributed by atoms with van der Waals surface area (Å²) in [5.74, 6) is 0.0522. The highest BCUT2D eigenvalue weighted by molar-refractivity contribution is 6.03. The molecule has 43 heavy (non-hydrogen) atoms. The van der Waals surface area contributed by atoms with Crippen molar-refractivity contribution in [2.45, 2.75) is 31.5 Å². The molecule has 10 heteroatoms. The summed E-state index contributed by atoms with van der Waals surface area (Å²) in [7, 11) is 0. The van der Waals surface area contributed by atoms with Gasteiger partial charge in [-0.15, -0.1) is 0 Å². The number of anilines is 2. The highest BCUT2D eigenvalue weighted by Crippen LogP contribution is 2.33. The number of hydrogen-bond acceptors (Lipinski definition) is 5. The summed E-state index contributed by atoms with van der Waals surface area (Å²) in [5.41, 5.74) is 2.64. The minimum Gasteiger partial charge on any atom is -0.493 e. The van der Waals surface area contributed by atoms with Gasteiger partial charge in [0.1, 0.15) is 11.9 Å². The van der Waals surface area contributed by atoms with Crippen LogP contribution < -0.4 is 15.4 Å². The van der Waals surface area contributed by atoms with E-state index in [4.69, 9.17) is 9.47 Å².